The number of unbranched alkanes of at least 4 members (excludes halogenated alkanes) is 32. The molecule has 0 unspecified atom stereocenters. The van der Waals surface area contributed by atoms with Gasteiger partial charge in [0.25, 0.3) is 0 Å². The van der Waals surface area contributed by atoms with E-state index >= 15 is 0 Å². The van der Waals surface area contributed by atoms with Gasteiger partial charge in [-0.2, -0.15) is 11.5 Å². The molecule has 0 N–H and O–H groups in total. The van der Waals surface area contributed by atoms with Gasteiger partial charge in [-0.3, -0.25) is 0 Å². The van der Waals surface area contributed by atoms with Crippen LogP contribution in [0.1, 0.15) is 260 Å². The molecule has 0 saturated carbocycles. The second-order valence-electron chi connectivity index (χ2n) is 13.6. The summed E-state index contributed by atoms with van der Waals surface area (Å²) < 4.78 is 0. The molecule has 0 aliphatic heterocycles. The first-order chi connectivity index (χ1) is 22.7. The van der Waals surface area contributed by atoms with Crippen molar-refractivity contribution in [1.29, 1.82) is 0 Å². The molecule has 0 aromatic rings. The van der Waals surface area contributed by atoms with Gasteiger partial charge in [-0.1, -0.05) is 260 Å². The van der Waals surface area contributed by atoms with Crippen LogP contribution in [0.3, 0.4) is 0 Å². The van der Waals surface area contributed by atoms with Gasteiger partial charge in [0.2, 0.25) is 0 Å². The van der Waals surface area contributed by atoms with Crippen molar-refractivity contribution >= 4 is 49.2 Å². The van der Waals surface area contributed by atoms with Crippen LogP contribution in [0.5, 0.6) is 0 Å². The third-order valence-electron chi connectivity index (χ3n) is 8.81. The molecular formula is C44H92S2Sn. The zero-order chi connectivity index (χ0) is 34.9. The van der Waals surface area contributed by atoms with Crippen LogP contribution in [0, 0.1) is 12.8 Å². The summed E-state index contributed by atoms with van der Waals surface area (Å²) in [5.41, 5.74) is 0. The first-order valence-corrected chi connectivity index (χ1v) is 22.5. The van der Waals surface area contributed by atoms with Crippen molar-refractivity contribution in [3.63, 3.8) is 0 Å². The molecule has 0 aliphatic carbocycles. The molecule has 0 saturated heterocycles. The van der Waals surface area contributed by atoms with Gasteiger partial charge in [-0.05, 0) is 12.8 Å². The minimum atomic E-state index is 0. The smallest absolute Gasteiger partial charge is 0.793 e. The molecule has 0 aromatic heterocycles. The Kier molecular flexibility index (Phi) is 81.0. The van der Waals surface area contributed by atoms with Crippen molar-refractivity contribution < 1.29 is 0 Å². The van der Waals surface area contributed by atoms with E-state index in [0.717, 1.165) is 11.5 Å². The molecule has 3 heteroatoms. The van der Waals surface area contributed by atoms with E-state index in [9.17, 15) is 0 Å². The molecule has 0 amide bonds. The van der Waals surface area contributed by atoms with Gasteiger partial charge in [-0.25, -0.2) is 0 Å². The Morgan fingerprint density at radius 1 is 0.277 bits per heavy atom. The fourth-order valence-electron chi connectivity index (χ4n) is 5.30. The predicted octanol–water partition coefficient (Wildman–Crippen LogP) is 16.4. The van der Waals surface area contributed by atoms with Crippen molar-refractivity contribution in [3.8, 4) is 0 Å². The molecule has 0 heterocycles. The van der Waals surface area contributed by atoms with Gasteiger partial charge >= 0.3 is 23.9 Å². The molecule has 0 aromatic carbocycles. The topological polar surface area (TPSA) is 0 Å². The number of rotatable bonds is 34. The summed E-state index contributed by atoms with van der Waals surface area (Å²) in [7, 11) is 0. The fourth-order valence-corrected chi connectivity index (χ4v) is 5.71. The Hall–Kier alpha value is 1.50. The van der Waals surface area contributed by atoms with Crippen LogP contribution in [0.25, 0.3) is 0 Å². The first kappa shape index (κ1) is 57.8. The van der Waals surface area contributed by atoms with E-state index < -0.39 is 0 Å². The van der Waals surface area contributed by atoms with Gasteiger partial charge in [-0.15, -0.1) is 0 Å². The third kappa shape index (κ3) is 78.0. The average molecular weight is 804 g/mol. The van der Waals surface area contributed by atoms with E-state index in [1.807, 2.05) is 0 Å². The summed E-state index contributed by atoms with van der Waals surface area (Å²) in [6.45, 7) is 12.9. The average Bonchev–Trinajstić information content (AvgIpc) is 3.08. The molecule has 0 aliphatic rings. The van der Waals surface area contributed by atoms with Crippen LogP contribution < -0.4 is 0 Å². The Morgan fingerprint density at radius 2 is 0.404 bits per heavy atom. The van der Waals surface area contributed by atoms with Gasteiger partial charge in [0.1, 0.15) is 0 Å². The van der Waals surface area contributed by atoms with Crippen LogP contribution in [0.4, 0.5) is 0 Å². The van der Waals surface area contributed by atoms with Gasteiger partial charge in [0.05, 0.1) is 0 Å². The van der Waals surface area contributed by atoms with E-state index in [1.165, 1.54) is 218 Å². The van der Waals surface area contributed by atoms with Crippen molar-refractivity contribution in [2.45, 2.75) is 260 Å². The molecule has 0 spiro atoms. The quantitative estimate of drug-likeness (QED) is 0.0361. The van der Waals surface area contributed by atoms with E-state index in [4.69, 9.17) is 25.3 Å². The SMILES string of the molecule is CCCCCCCCCCCCCCCCCC[S-].CCCCCCCCCCCCCCCCCC[S-].C[CH]CC.C[CH]CC.[Sn+2]. The molecule has 284 valence electrons. The first-order valence-electron chi connectivity index (χ1n) is 21.4. The van der Waals surface area contributed by atoms with E-state index in [1.54, 1.807) is 0 Å². The maximum absolute atomic E-state index is 4.95. The van der Waals surface area contributed by atoms with Crippen LogP contribution in [-0.2, 0) is 25.3 Å². The molecule has 0 nitrogen and oxygen atoms in total. The monoisotopic (exact) mass is 805 g/mol. The minimum absolute atomic E-state index is 0. The van der Waals surface area contributed by atoms with Gasteiger partial charge in [0.15, 0.2) is 0 Å². The van der Waals surface area contributed by atoms with Crippen LogP contribution in [-0.4, -0.2) is 35.4 Å². The van der Waals surface area contributed by atoms with Gasteiger partial charge < -0.3 is 25.3 Å². The Bertz CT molecular complexity index is 344. The number of hydrogen-bond donors (Lipinski definition) is 0. The molecule has 0 rings (SSSR count). The largest absolute Gasteiger partial charge is 2.00 e. The predicted molar refractivity (Wildman–Crippen MR) is 230 cm³/mol. The summed E-state index contributed by atoms with van der Waals surface area (Å²) in [4.78, 5) is 0. The maximum atomic E-state index is 4.95. The minimum Gasteiger partial charge on any atom is -0.793 e. The van der Waals surface area contributed by atoms with Crippen molar-refractivity contribution in [3.05, 3.63) is 12.8 Å². The zero-order valence-electron chi connectivity index (χ0n) is 33.9. The third-order valence-corrected chi connectivity index (χ3v) is 9.39. The Morgan fingerprint density at radius 3 is 0.511 bits per heavy atom. The van der Waals surface area contributed by atoms with E-state index in [0.29, 0.717) is 0 Å². The van der Waals surface area contributed by atoms with E-state index in [2.05, 4.69) is 54.4 Å². The molecule has 0 bridgehead atoms. The molecule has 0 atom stereocenters. The van der Waals surface area contributed by atoms with Crippen LogP contribution in [0.2, 0.25) is 0 Å². The summed E-state index contributed by atoms with van der Waals surface area (Å²) >= 11 is 9.90. The van der Waals surface area contributed by atoms with Crippen LogP contribution in [0.15, 0.2) is 0 Å². The summed E-state index contributed by atoms with van der Waals surface area (Å²) in [5, 5.41) is 0. The Balaban J connectivity index is -0.000000200. The van der Waals surface area contributed by atoms with Crippen molar-refractivity contribution in [2.24, 2.45) is 0 Å². The summed E-state index contributed by atoms with van der Waals surface area (Å²) in [6.07, 6.45) is 52.6. The standard InChI is InChI=1S/2C18H38S.2C4H9.Sn/c2*1-2-3-4-5-6-7-8-9-10-11-12-13-14-15-16-17-18-19;2*1-3-4-2;/h2*19H,2-18H2,1H3;2*3H,4H2,1-2H3;/q;;;;+2/p-2. The maximum Gasteiger partial charge on any atom is 2.00 e. The second kappa shape index (κ2) is 65.8. The molecule has 4 radical (unpaired) electrons. The zero-order valence-corrected chi connectivity index (χ0v) is 38.4. The second-order valence-corrected chi connectivity index (χ2v) is 14.5. The molecular weight excluding hydrogens is 711 g/mol. The van der Waals surface area contributed by atoms with Crippen LogP contribution >= 0.6 is 0 Å². The number of hydrogen-bond acceptors (Lipinski definition) is 2. The molecule has 0 fully saturated rings. The van der Waals surface area contributed by atoms with Gasteiger partial charge in [0, 0.05) is 0 Å². The summed E-state index contributed by atoms with van der Waals surface area (Å²) in [5.74, 6) is 1.91. The fraction of sp³-hybridized carbons (Fsp3) is 0.955. The van der Waals surface area contributed by atoms with E-state index in [-0.39, 0.29) is 23.9 Å². The van der Waals surface area contributed by atoms with Crippen molar-refractivity contribution in [1.82, 2.24) is 0 Å². The normalized spacial score (nSPS) is 10.2. The van der Waals surface area contributed by atoms with Crippen molar-refractivity contribution in [2.75, 3.05) is 11.5 Å². The molecule has 47 heavy (non-hydrogen) atoms. The summed E-state index contributed by atoms with van der Waals surface area (Å²) in [6, 6.07) is 0. The Labute approximate surface area is 331 Å².